The summed E-state index contributed by atoms with van der Waals surface area (Å²) in [4.78, 5) is 9.45. The SMILES string of the molecule is C/C(=N\OCCO)c1ccc2ncc(C(C)c3c(F)cc4c(cnn4C)c3C)n2n1. The molecule has 0 saturated carbocycles. The number of aliphatic hydroxyl groups is 1. The van der Waals surface area contributed by atoms with E-state index in [1.807, 2.05) is 19.9 Å². The van der Waals surface area contributed by atoms with Crippen LogP contribution in [0.25, 0.3) is 16.6 Å². The van der Waals surface area contributed by atoms with Gasteiger partial charge in [-0.05, 0) is 31.5 Å². The van der Waals surface area contributed by atoms with Gasteiger partial charge in [0.1, 0.15) is 23.8 Å². The summed E-state index contributed by atoms with van der Waals surface area (Å²) in [5.41, 5.74) is 4.80. The first-order valence-electron chi connectivity index (χ1n) is 9.65. The smallest absolute Gasteiger partial charge is 0.153 e. The number of aliphatic hydroxyl groups excluding tert-OH is 1. The fourth-order valence-electron chi connectivity index (χ4n) is 3.72. The van der Waals surface area contributed by atoms with Crippen LogP contribution in [0.15, 0.2) is 35.7 Å². The molecule has 156 valence electrons. The average molecular weight is 410 g/mol. The third-order valence-electron chi connectivity index (χ3n) is 5.33. The molecule has 0 fully saturated rings. The van der Waals surface area contributed by atoms with Gasteiger partial charge in [0.2, 0.25) is 0 Å². The minimum atomic E-state index is -0.282. The van der Waals surface area contributed by atoms with Crippen molar-refractivity contribution in [2.45, 2.75) is 26.7 Å². The van der Waals surface area contributed by atoms with E-state index < -0.39 is 0 Å². The van der Waals surface area contributed by atoms with E-state index in [9.17, 15) is 0 Å². The van der Waals surface area contributed by atoms with E-state index in [-0.39, 0.29) is 24.9 Å². The number of aromatic nitrogens is 5. The lowest BCUT2D eigenvalue weighted by atomic mass is 9.91. The van der Waals surface area contributed by atoms with Crippen LogP contribution in [-0.4, -0.2) is 48.4 Å². The van der Waals surface area contributed by atoms with Crippen LogP contribution in [0.4, 0.5) is 4.39 Å². The molecule has 0 spiro atoms. The van der Waals surface area contributed by atoms with E-state index in [0.29, 0.717) is 22.6 Å². The second-order valence-electron chi connectivity index (χ2n) is 7.22. The van der Waals surface area contributed by atoms with Crippen LogP contribution in [0, 0.1) is 12.7 Å². The summed E-state index contributed by atoms with van der Waals surface area (Å²) in [6, 6.07) is 5.15. The molecule has 0 saturated heterocycles. The number of hydrogen-bond acceptors (Lipinski definition) is 6. The summed E-state index contributed by atoms with van der Waals surface area (Å²) in [7, 11) is 1.80. The van der Waals surface area contributed by atoms with E-state index >= 15 is 4.39 Å². The first-order valence-corrected chi connectivity index (χ1v) is 9.65. The minimum Gasteiger partial charge on any atom is -0.393 e. The van der Waals surface area contributed by atoms with Crippen molar-refractivity contribution in [3.8, 4) is 0 Å². The molecule has 0 radical (unpaired) electrons. The van der Waals surface area contributed by atoms with Crippen LogP contribution in [-0.2, 0) is 11.9 Å². The molecular formula is C21H23FN6O2. The second-order valence-corrected chi connectivity index (χ2v) is 7.22. The Bertz CT molecular complexity index is 1260. The number of oxime groups is 1. The van der Waals surface area contributed by atoms with E-state index in [2.05, 4.69) is 20.3 Å². The van der Waals surface area contributed by atoms with Gasteiger partial charge in [0.05, 0.1) is 30.2 Å². The molecule has 3 heterocycles. The van der Waals surface area contributed by atoms with Gasteiger partial charge in [0.25, 0.3) is 0 Å². The molecule has 1 unspecified atom stereocenters. The van der Waals surface area contributed by atoms with Gasteiger partial charge in [-0.1, -0.05) is 12.1 Å². The van der Waals surface area contributed by atoms with Crippen LogP contribution in [0.2, 0.25) is 0 Å². The van der Waals surface area contributed by atoms with Crippen molar-refractivity contribution in [1.82, 2.24) is 24.4 Å². The van der Waals surface area contributed by atoms with Gasteiger partial charge in [-0.3, -0.25) is 4.68 Å². The van der Waals surface area contributed by atoms with Crippen molar-refractivity contribution < 1.29 is 14.3 Å². The Morgan fingerprint density at radius 1 is 1.33 bits per heavy atom. The van der Waals surface area contributed by atoms with Gasteiger partial charge in [-0.25, -0.2) is 13.9 Å². The highest BCUT2D eigenvalue weighted by Crippen LogP contribution is 2.33. The summed E-state index contributed by atoms with van der Waals surface area (Å²) >= 11 is 0. The molecule has 30 heavy (non-hydrogen) atoms. The molecule has 0 amide bonds. The Kier molecular flexibility index (Phi) is 5.21. The lowest BCUT2D eigenvalue weighted by molar-refractivity contribution is 0.0986. The topological polar surface area (TPSA) is 89.8 Å². The van der Waals surface area contributed by atoms with E-state index in [1.165, 1.54) is 6.07 Å². The number of halogens is 1. The first kappa shape index (κ1) is 20.0. The lowest BCUT2D eigenvalue weighted by Crippen LogP contribution is -2.10. The molecule has 0 aliphatic carbocycles. The van der Waals surface area contributed by atoms with Crippen molar-refractivity contribution in [2.24, 2.45) is 12.2 Å². The Morgan fingerprint density at radius 2 is 2.13 bits per heavy atom. The predicted molar refractivity (Wildman–Crippen MR) is 111 cm³/mol. The zero-order chi connectivity index (χ0) is 21.4. The maximum Gasteiger partial charge on any atom is 0.153 e. The third-order valence-corrected chi connectivity index (χ3v) is 5.33. The maximum absolute atomic E-state index is 15.1. The zero-order valence-corrected chi connectivity index (χ0v) is 17.3. The molecule has 1 aromatic carbocycles. The Labute approximate surface area is 172 Å². The minimum absolute atomic E-state index is 0.112. The number of imidazole rings is 1. The Hall–Kier alpha value is -3.33. The molecule has 3 aromatic heterocycles. The highest BCUT2D eigenvalue weighted by molar-refractivity contribution is 5.96. The van der Waals surface area contributed by atoms with E-state index in [4.69, 9.17) is 9.94 Å². The molecule has 8 nitrogen and oxygen atoms in total. The Balaban J connectivity index is 1.79. The van der Waals surface area contributed by atoms with Crippen LogP contribution < -0.4 is 0 Å². The van der Waals surface area contributed by atoms with Crippen molar-refractivity contribution in [3.05, 3.63) is 58.9 Å². The fraction of sp³-hybridized carbons (Fsp3) is 0.333. The number of benzene rings is 1. The quantitative estimate of drug-likeness (QED) is 0.300. The number of nitrogens with zero attached hydrogens (tertiary/aromatic N) is 6. The summed E-state index contributed by atoms with van der Waals surface area (Å²) < 4.78 is 18.5. The number of rotatable bonds is 6. The molecule has 0 aliphatic rings. The monoisotopic (exact) mass is 410 g/mol. The molecule has 4 aromatic rings. The summed E-state index contributed by atoms with van der Waals surface area (Å²) in [5, 5.41) is 22.6. The maximum atomic E-state index is 15.1. The molecule has 0 aliphatic heterocycles. The molecule has 0 bridgehead atoms. The number of aryl methyl sites for hydroxylation is 2. The first-order chi connectivity index (χ1) is 14.4. The standard InChI is InChI=1S/C21H23FN6O2/c1-12-15-10-24-27(4)18(15)9-16(22)21(12)13(2)19-11-23-20-6-5-17(25-28(19)20)14(3)26-30-8-7-29/h5-6,9-11,13,29H,7-8H2,1-4H3/b26-14+. The number of hydrogen-bond donors (Lipinski definition) is 1. The van der Waals surface area contributed by atoms with Crippen molar-refractivity contribution in [2.75, 3.05) is 13.2 Å². The van der Waals surface area contributed by atoms with Gasteiger partial charge in [0.15, 0.2) is 5.65 Å². The van der Waals surface area contributed by atoms with Crippen LogP contribution in [0.5, 0.6) is 0 Å². The van der Waals surface area contributed by atoms with E-state index in [0.717, 1.165) is 22.2 Å². The average Bonchev–Trinajstić information content (AvgIpc) is 3.31. The van der Waals surface area contributed by atoms with Crippen molar-refractivity contribution >= 4 is 22.3 Å². The fourth-order valence-corrected chi connectivity index (χ4v) is 3.72. The van der Waals surface area contributed by atoms with Crippen LogP contribution in [0.1, 0.15) is 42.3 Å². The van der Waals surface area contributed by atoms with E-state index in [1.54, 1.807) is 41.6 Å². The molecule has 1 atom stereocenters. The van der Waals surface area contributed by atoms with Crippen LogP contribution in [0.3, 0.4) is 0 Å². The predicted octanol–water partition coefficient (Wildman–Crippen LogP) is 2.95. The van der Waals surface area contributed by atoms with Gasteiger partial charge in [-0.2, -0.15) is 10.2 Å². The summed E-state index contributed by atoms with van der Waals surface area (Å²) in [6.07, 6.45) is 3.48. The van der Waals surface area contributed by atoms with Gasteiger partial charge in [-0.15, -0.1) is 0 Å². The van der Waals surface area contributed by atoms with Crippen molar-refractivity contribution in [3.63, 3.8) is 0 Å². The van der Waals surface area contributed by atoms with Gasteiger partial charge < -0.3 is 9.94 Å². The summed E-state index contributed by atoms with van der Waals surface area (Å²) in [5.74, 6) is -0.562. The summed E-state index contributed by atoms with van der Waals surface area (Å²) in [6.45, 7) is 5.62. The highest BCUT2D eigenvalue weighted by Gasteiger charge is 2.23. The molecule has 9 heteroatoms. The van der Waals surface area contributed by atoms with Crippen LogP contribution >= 0.6 is 0 Å². The van der Waals surface area contributed by atoms with Gasteiger partial charge >= 0.3 is 0 Å². The second kappa shape index (κ2) is 7.83. The lowest BCUT2D eigenvalue weighted by Gasteiger charge is -2.16. The largest absolute Gasteiger partial charge is 0.393 e. The zero-order valence-electron chi connectivity index (χ0n) is 17.3. The Morgan fingerprint density at radius 3 is 2.90 bits per heavy atom. The van der Waals surface area contributed by atoms with Crippen molar-refractivity contribution in [1.29, 1.82) is 0 Å². The normalized spacial score (nSPS) is 13.3. The highest BCUT2D eigenvalue weighted by atomic mass is 19.1. The third kappa shape index (κ3) is 3.30. The van der Waals surface area contributed by atoms with Gasteiger partial charge in [0, 0.05) is 30.0 Å². The number of fused-ring (bicyclic) bond motifs is 2. The molecule has 4 rings (SSSR count). The molecular weight excluding hydrogens is 387 g/mol. The molecule has 1 N–H and O–H groups in total.